The van der Waals surface area contributed by atoms with Gasteiger partial charge in [-0.25, -0.2) is 0 Å². The maximum Gasteiger partial charge on any atom is 0.236 e. The lowest BCUT2D eigenvalue weighted by atomic mass is 9.87. The molecule has 0 atom stereocenters. The van der Waals surface area contributed by atoms with Gasteiger partial charge in [0.25, 0.3) is 0 Å². The number of likely N-dealkylation sites (N-methyl/N-ethyl adjacent to an activating group) is 1. The summed E-state index contributed by atoms with van der Waals surface area (Å²) < 4.78 is 0. The van der Waals surface area contributed by atoms with Gasteiger partial charge >= 0.3 is 0 Å². The van der Waals surface area contributed by atoms with E-state index < -0.39 is 0 Å². The zero-order valence-corrected chi connectivity index (χ0v) is 13.5. The molecule has 0 aromatic carbocycles. The summed E-state index contributed by atoms with van der Waals surface area (Å²) in [6.45, 7) is 9.88. The largest absolute Gasteiger partial charge is 0.348 e. The minimum Gasteiger partial charge on any atom is -0.348 e. The molecule has 0 aromatic heterocycles. The predicted molar refractivity (Wildman–Crippen MR) is 82.1 cm³/mol. The Labute approximate surface area is 119 Å². The minimum absolute atomic E-state index is 0.190. The van der Waals surface area contributed by atoms with Crippen LogP contribution in [0.5, 0.6) is 0 Å². The van der Waals surface area contributed by atoms with E-state index in [0.29, 0.717) is 6.54 Å². The van der Waals surface area contributed by atoms with E-state index in [0.717, 1.165) is 38.9 Å². The average molecular weight is 271 g/mol. The van der Waals surface area contributed by atoms with Gasteiger partial charge in [0.2, 0.25) is 5.91 Å². The zero-order chi connectivity index (χ0) is 14.9. The van der Waals surface area contributed by atoms with Crippen molar-refractivity contribution in [3.05, 3.63) is 0 Å². The standard InChI is InChI=1S/C15H33N3O/c1-6-10-18(12-14(19)17(4)5)11-8-7-9-15(2,3)13-16/h6-13,16H2,1-5H3. The Bertz CT molecular complexity index is 252. The molecule has 1 amide bonds. The molecule has 114 valence electrons. The maximum absolute atomic E-state index is 11.7. The molecule has 0 saturated heterocycles. The molecule has 0 bridgehead atoms. The second-order valence-corrected chi connectivity index (χ2v) is 6.39. The highest BCUT2D eigenvalue weighted by molar-refractivity contribution is 5.77. The fourth-order valence-corrected chi connectivity index (χ4v) is 1.96. The molecule has 0 spiro atoms. The number of carbonyl (C=O) groups excluding carboxylic acids is 1. The van der Waals surface area contributed by atoms with Gasteiger partial charge in [-0.2, -0.15) is 0 Å². The molecule has 0 radical (unpaired) electrons. The van der Waals surface area contributed by atoms with Crippen LogP contribution in [-0.2, 0) is 4.79 Å². The molecular formula is C15H33N3O. The maximum atomic E-state index is 11.7. The van der Waals surface area contributed by atoms with Gasteiger partial charge in [-0.15, -0.1) is 0 Å². The van der Waals surface area contributed by atoms with Crippen LogP contribution in [0.2, 0.25) is 0 Å². The normalized spacial score (nSPS) is 11.9. The van der Waals surface area contributed by atoms with Crippen LogP contribution in [-0.4, -0.2) is 56.0 Å². The zero-order valence-electron chi connectivity index (χ0n) is 13.5. The van der Waals surface area contributed by atoms with Crippen molar-refractivity contribution in [2.24, 2.45) is 11.1 Å². The van der Waals surface area contributed by atoms with Crippen molar-refractivity contribution in [2.75, 3.05) is 40.3 Å². The Morgan fingerprint density at radius 3 is 2.26 bits per heavy atom. The van der Waals surface area contributed by atoms with Crippen LogP contribution in [0.25, 0.3) is 0 Å². The molecule has 19 heavy (non-hydrogen) atoms. The van der Waals surface area contributed by atoms with E-state index in [1.165, 1.54) is 6.42 Å². The first kappa shape index (κ1) is 18.4. The fraction of sp³-hybridized carbons (Fsp3) is 0.933. The van der Waals surface area contributed by atoms with Gasteiger partial charge in [0, 0.05) is 14.1 Å². The summed E-state index contributed by atoms with van der Waals surface area (Å²) in [7, 11) is 3.63. The molecule has 4 heteroatoms. The smallest absolute Gasteiger partial charge is 0.236 e. The third-order valence-electron chi connectivity index (χ3n) is 3.53. The van der Waals surface area contributed by atoms with Crippen molar-refractivity contribution >= 4 is 5.91 Å². The summed E-state index contributed by atoms with van der Waals surface area (Å²) in [5.74, 6) is 0.190. The lowest BCUT2D eigenvalue weighted by Crippen LogP contribution is -2.37. The first-order valence-corrected chi connectivity index (χ1v) is 7.45. The van der Waals surface area contributed by atoms with Crippen LogP contribution >= 0.6 is 0 Å². The van der Waals surface area contributed by atoms with Crippen molar-refractivity contribution in [1.82, 2.24) is 9.80 Å². The summed E-state index contributed by atoms with van der Waals surface area (Å²) in [4.78, 5) is 15.7. The molecule has 0 aliphatic heterocycles. The summed E-state index contributed by atoms with van der Waals surface area (Å²) in [5.41, 5.74) is 5.98. The van der Waals surface area contributed by atoms with Gasteiger partial charge in [-0.05, 0) is 44.3 Å². The second kappa shape index (κ2) is 9.32. The third kappa shape index (κ3) is 9.00. The van der Waals surface area contributed by atoms with Crippen molar-refractivity contribution in [2.45, 2.75) is 46.5 Å². The van der Waals surface area contributed by atoms with Crippen molar-refractivity contribution in [3.63, 3.8) is 0 Å². The highest BCUT2D eigenvalue weighted by atomic mass is 16.2. The summed E-state index contributed by atoms with van der Waals surface area (Å²) >= 11 is 0. The van der Waals surface area contributed by atoms with Crippen LogP contribution in [0.3, 0.4) is 0 Å². The number of nitrogens with two attached hydrogens (primary N) is 1. The highest BCUT2D eigenvalue weighted by Gasteiger charge is 2.15. The Kier molecular flexibility index (Phi) is 9.02. The number of carbonyl (C=O) groups is 1. The SMILES string of the molecule is CCCN(CCCCC(C)(C)CN)CC(=O)N(C)C. The lowest BCUT2D eigenvalue weighted by molar-refractivity contribution is -0.129. The average Bonchev–Trinajstić information content (AvgIpc) is 2.34. The number of hydrogen-bond donors (Lipinski definition) is 1. The summed E-state index contributed by atoms with van der Waals surface area (Å²) in [5, 5.41) is 0. The Morgan fingerprint density at radius 2 is 1.79 bits per heavy atom. The molecule has 0 aliphatic carbocycles. The van der Waals surface area contributed by atoms with Crippen LogP contribution in [0.1, 0.15) is 46.5 Å². The topological polar surface area (TPSA) is 49.6 Å². The van der Waals surface area contributed by atoms with Gasteiger partial charge in [-0.3, -0.25) is 9.69 Å². The van der Waals surface area contributed by atoms with Gasteiger partial charge in [0.15, 0.2) is 0 Å². The molecule has 0 heterocycles. The van der Waals surface area contributed by atoms with E-state index in [4.69, 9.17) is 5.73 Å². The molecule has 0 aromatic rings. The van der Waals surface area contributed by atoms with Crippen LogP contribution in [0.4, 0.5) is 0 Å². The van der Waals surface area contributed by atoms with Crippen LogP contribution in [0, 0.1) is 5.41 Å². The second-order valence-electron chi connectivity index (χ2n) is 6.39. The number of hydrogen-bond acceptors (Lipinski definition) is 3. The summed E-state index contributed by atoms with van der Waals surface area (Å²) in [6.07, 6.45) is 4.57. The molecule has 2 N–H and O–H groups in total. The first-order chi connectivity index (χ1) is 8.82. The van der Waals surface area contributed by atoms with Crippen molar-refractivity contribution < 1.29 is 4.79 Å². The molecule has 0 saturated carbocycles. The van der Waals surface area contributed by atoms with E-state index in [9.17, 15) is 4.79 Å². The van der Waals surface area contributed by atoms with Gasteiger partial charge in [-0.1, -0.05) is 27.2 Å². The van der Waals surface area contributed by atoms with E-state index in [2.05, 4.69) is 25.7 Å². The van der Waals surface area contributed by atoms with E-state index in [-0.39, 0.29) is 11.3 Å². The van der Waals surface area contributed by atoms with Crippen LogP contribution in [0.15, 0.2) is 0 Å². The molecule has 4 nitrogen and oxygen atoms in total. The monoisotopic (exact) mass is 271 g/mol. The molecule has 0 rings (SSSR count). The summed E-state index contributed by atoms with van der Waals surface area (Å²) in [6, 6.07) is 0. The number of unbranched alkanes of at least 4 members (excludes halogenated alkanes) is 1. The predicted octanol–water partition coefficient (Wildman–Crippen LogP) is 1.94. The lowest BCUT2D eigenvalue weighted by Gasteiger charge is -2.25. The Morgan fingerprint density at radius 1 is 1.16 bits per heavy atom. The van der Waals surface area contributed by atoms with Gasteiger partial charge < -0.3 is 10.6 Å². The van der Waals surface area contributed by atoms with Gasteiger partial charge in [0.1, 0.15) is 0 Å². The Hall–Kier alpha value is -0.610. The quantitative estimate of drug-likeness (QED) is 0.618. The Balaban J connectivity index is 3.98. The first-order valence-electron chi connectivity index (χ1n) is 7.45. The molecule has 0 unspecified atom stereocenters. The minimum atomic E-state index is 0.190. The number of rotatable bonds is 10. The van der Waals surface area contributed by atoms with Crippen molar-refractivity contribution in [1.29, 1.82) is 0 Å². The third-order valence-corrected chi connectivity index (χ3v) is 3.53. The van der Waals surface area contributed by atoms with E-state index in [1.54, 1.807) is 4.90 Å². The van der Waals surface area contributed by atoms with E-state index >= 15 is 0 Å². The van der Waals surface area contributed by atoms with E-state index in [1.807, 2.05) is 14.1 Å². The molecule has 0 fully saturated rings. The number of amides is 1. The fourth-order valence-electron chi connectivity index (χ4n) is 1.96. The highest BCUT2D eigenvalue weighted by Crippen LogP contribution is 2.21. The number of nitrogens with zero attached hydrogens (tertiary/aromatic N) is 2. The molecule has 0 aliphatic rings. The van der Waals surface area contributed by atoms with Crippen molar-refractivity contribution in [3.8, 4) is 0 Å². The van der Waals surface area contributed by atoms with Gasteiger partial charge in [0.05, 0.1) is 6.54 Å². The van der Waals surface area contributed by atoms with Crippen LogP contribution < -0.4 is 5.73 Å². The molecular weight excluding hydrogens is 238 g/mol.